The van der Waals surface area contributed by atoms with Crippen molar-refractivity contribution >= 4 is 23.2 Å². The largest absolute Gasteiger partial charge is 0.494 e. The van der Waals surface area contributed by atoms with Gasteiger partial charge in [0.2, 0.25) is 0 Å². The van der Waals surface area contributed by atoms with Crippen molar-refractivity contribution in [2.75, 3.05) is 37.5 Å². The van der Waals surface area contributed by atoms with E-state index in [1.54, 1.807) is 24.3 Å². The van der Waals surface area contributed by atoms with Gasteiger partial charge in [0.15, 0.2) is 0 Å². The summed E-state index contributed by atoms with van der Waals surface area (Å²) in [5, 5.41) is 5.20. The zero-order valence-corrected chi connectivity index (χ0v) is 15.4. The van der Waals surface area contributed by atoms with Crippen LogP contribution < -0.4 is 20.3 Å². The molecule has 26 heavy (non-hydrogen) atoms. The maximum absolute atomic E-state index is 11.9. The molecule has 0 saturated heterocycles. The molecule has 2 aromatic rings. The van der Waals surface area contributed by atoms with Crippen molar-refractivity contribution in [3.05, 3.63) is 54.1 Å². The van der Waals surface area contributed by atoms with Crippen LogP contribution in [0.2, 0.25) is 0 Å². The van der Waals surface area contributed by atoms with Crippen LogP contribution in [-0.4, -0.2) is 39.1 Å². The molecule has 6 heteroatoms. The van der Waals surface area contributed by atoms with Gasteiger partial charge in [-0.25, -0.2) is 0 Å². The third-order valence-corrected chi connectivity index (χ3v) is 3.78. The van der Waals surface area contributed by atoms with Crippen molar-refractivity contribution < 1.29 is 14.3 Å². The van der Waals surface area contributed by atoms with Crippen LogP contribution in [0.4, 0.5) is 11.4 Å². The summed E-state index contributed by atoms with van der Waals surface area (Å²) < 4.78 is 5.33. The summed E-state index contributed by atoms with van der Waals surface area (Å²) in [5.74, 6) is -0.615. The summed E-state index contributed by atoms with van der Waals surface area (Å²) in [6, 6.07) is 15.0. The molecule has 2 amide bonds. The fourth-order valence-electron chi connectivity index (χ4n) is 2.35. The minimum absolute atomic E-state index is 0.400. The van der Waals surface area contributed by atoms with Crippen LogP contribution in [0.1, 0.15) is 12.5 Å². The van der Waals surface area contributed by atoms with Gasteiger partial charge < -0.3 is 20.3 Å². The Kier molecular flexibility index (Phi) is 7.02. The average molecular weight is 355 g/mol. The summed E-state index contributed by atoms with van der Waals surface area (Å²) in [7, 11) is 3.97. The molecule has 0 aliphatic carbocycles. The van der Waals surface area contributed by atoms with Crippen LogP contribution in [-0.2, 0) is 16.0 Å². The molecule has 0 bridgehead atoms. The maximum Gasteiger partial charge on any atom is 0.313 e. The van der Waals surface area contributed by atoms with E-state index >= 15 is 0 Å². The van der Waals surface area contributed by atoms with Crippen molar-refractivity contribution in [2.24, 2.45) is 0 Å². The number of nitrogens with one attached hydrogen (secondary N) is 2. The average Bonchev–Trinajstić information content (AvgIpc) is 2.64. The molecule has 0 aliphatic rings. The molecule has 2 N–H and O–H groups in total. The van der Waals surface area contributed by atoms with E-state index < -0.39 is 11.8 Å². The standard InChI is InChI=1S/C20H25N3O3/c1-4-26-18-11-7-16(8-12-18)22-20(25)19(24)21-14-13-15-5-9-17(10-6-15)23(2)3/h5-12H,4,13-14H2,1-3H3,(H,21,24)(H,22,25). The third kappa shape index (κ3) is 5.81. The van der Waals surface area contributed by atoms with Gasteiger partial charge in [-0.1, -0.05) is 12.1 Å². The van der Waals surface area contributed by atoms with E-state index in [0.29, 0.717) is 25.3 Å². The zero-order valence-electron chi connectivity index (χ0n) is 15.4. The van der Waals surface area contributed by atoms with Crippen molar-refractivity contribution in [3.8, 4) is 5.75 Å². The number of nitrogens with zero attached hydrogens (tertiary/aromatic N) is 1. The van der Waals surface area contributed by atoms with Crippen molar-refractivity contribution in [1.82, 2.24) is 5.32 Å². The minimum Gasteiger partial charge on any atom is -0.494 e. The summed E-state index contributed by atoms with van der Waals surface area (Å²) in [4.78, 5) is 25.8. The SMILES string of the molecule is CCOc1ccc(NC(=O)C(=O)NCCc2ccc(N(C)C)cc2)cc1. The number of benzene rings is 2. The monoisotopic (exact) mass is 355 g/mol. The van der Waals surface area contributed by atoms with Crippen molar-refractivity contribution in [1.29, 1.82) is 0 Å². The molecule has 138 valence electrons. The smallest absolute Gasteiger partial charge is 0.313 e. The molecule has 0 saturated carbocycles. The number of rotatable bonds is 7. The van der Waals surface area contributed by atoms with Crippen molar-refractivity contribution in [2.45, 2.75) is 13.3 Å². The highest BCUT2D eigenvalue weighted by Gasteiger charge is 2.13. The highest BCUT2D eigenvalue weighted by atomic mass is 16.5. The molecule has 0 fully saturated rings. The Balaban J connectivity index is 1.77. The van der Waals surface area contributed by atoms with E-state index in [1.807, 2.05) is 50.2 Å². The van der Waals surface area contributed by atoms with E-state index in [2.05, 4.69) is 10.6 Å². The summed E-state index contributed by atoms with van der Waals surface area (Å²) in [6.45, 7) is 2.87. The molecule has 2 rings (SSSR count). The second-order valence-electron chi connectivity index (χ2n) is 5.98. The normalized spacial score (nSPS) is 10.1. The van der Waals surface area contributed by atoms with Gasteiger partial charge in [0.25, 0.3) is 0 Å². The Morgan fingerprint density at radius 3 is 2.19 bits per heavy atom. The molecule has 6 nitrogen and oxygen atoms in total. The number of hydrogen-bond donors (Lipinski definition) is 2. The molecule has 0 aromatic heterocycles. The molecular formula is C20H25N3O3. The fraction of sp³-hybridized carbons (Fsp3) is 0.300. The molecule has 0 atom stereocenters. The molecule has 0 aliphatic heterocycles. The zero-order chi connectivity index (χ0) is 18.9. The van der Waals surface area contributed by atoms with Crippen LogP contribution in [0, 0.1) is 0 Å². The van der Waals surface area contributed by atoms with Gasteiger partial charge in [0, 0.05) is 32.0 Å². The van der Waals surface area contributed by atoms with Gasteiger partial charge in [-0.05, 0) is 55.3 Å². The first-order valence-electron chi connectivity index (χ1n) is 8.58. The number of carbonyl (C=O) groups excluding carboxylic acids is 2. The first-order valence-corrected chi connectivity index (χ1v) is 8.58. The van der Waals surface area contributed by atoms with Crippen LogP contribution >= 0.6 is 0 Å². The van der Waals surface area contributed by atoms with Crippen LogP contribution in [0.15, 0.2) is 48.5 Å². The maximum atomic E-state index is 11.9. The molecule has 0 heterocycles. The van der Waals surface area contributed by atoms with Crippen molar-refractivity contribution in [3.63, 3.8) is 0 Å². The van der Waals surface area contributed by atoms with Crippen LogP contribution in [0.5, 0.6) is 5.75 Å². The van der Waals surface area contributed by atoms with E-state index in [1.165, 1.54) is 0 Å². The first-order chi connectivity index (χ1) is 12.5. The number of hydrogen-bond acceptors (Lipinski definition) is 4. The second-order valence-corrected chi connectivity index (χ2v) is 5.98. The number of anilines is 2. The number of ether oxygens (including phenoxy) is 1. The van der Waals surface area contributed by atoms with E-state index in [4.69, 9.17) is 4.74 Å². The lowest BCUT2D eigenvalue weighted by atomic mass is 10.1. The summed E-state index contributed by atoms with van der Waals surface area (Å²) >= 11 is 0. The topological polar surface area (TPSA) is 70.7 Å². The van der Waals surface area contributed by atoms with Gasteiger partial charge in [-0.2, -0.15) is 0 Å². The Labute approximate surface area is 154 Å². The Morgan fingerprint density at radius 2 is 1.62 bits per heavy atom. The quantitative estimate of drug-likeness (QED) is 0.749. The molecule has 2 aromatic carbocycles. The highest BCUT2D eigenvalue weighted by Crippen LogP contribution is 2.15. The lowest BCUT2D eigenvalue weighted by molar-refractivity contribution is -0.136. The minimum atomic E-state index is -0.683. The lowest BCUT2D eigenvalue weighted by Gasteiger charge is -2.12. The van der Waals surface area contributed by atoms with Gasteiger partial charge in [0.1, 0.15) is 5.75 Å². The van der Waals surface area contributed by atoms with E-state index in [9.17, 15) is 9.59 Å². The third-order valence-electron chi connectivity index (χ3n) is 3.78. The summed E-state index contributed by atoms with van der Waals surface area (Å²) in [5.41, 5.74) is 2.77. The van der Waals surface area contributed by atoms with Gasteiger partial charge >= 0.3 is 11.8 Å². The number of amides is 2. The number of carbonyl (C=O) groups is 2. The Bertz CT molecular complexity index is 725. The fourth-order valence-corrected chi connectivity index (χ4v) is 2.35. The lowest BCUT2D eigenvalue weighted by Crippen LogP contribution is -2.36. The Hall–Kier alpha value is -3.02. The van der Waals surface area contributed by atoms with Crippen LogP contribution in [0.3, 0.4) is 0 Å². The molecule has 0 spiro atoms. The van der Waals surface area contributed by atoms with Crippen LogP contribution in [0.25, 0.3) is 0 Å². The highest BCUT2D eigenvalue weighted by molar-refractivity contribution is 6.39. The molecule has 0 unspecified atom stereocenters. The molecular weight excluding hydrogens is 330 g/mol. The first kappa shape index (κ1) is 19.3. The molecule has 0 radical (unpaired) electrons. The van der Waals surface area contributed by atoms with Gasteiger partial charge in [-0.15, -0.1) is 0 Å². The predicted octanol–water partition coefficient (Wildman–Crippen LogP) is 2.45. The Morgan fingerprint density at radius 1 is 0.962 bits per heavy atom. The predicted molar refractivity (Wildman–Crippen MR) is 104 cm³/mol. The van der Waals surface area contributed by atoms with E-state index in [-0.39, 0.29) is 0 Å². The summed E-state index contributed by atoms with van der Waals surface area (Å²) in [6.07, 6.45) is 0.662. The van der Waals surface area contributed by atoms with Gasteiger partial charge in [-0.3, -0.25) is 9.59 Å². The van der Waals surface area contributed by atoms with E-state index in [0.717, 1.165) is 17.0 Å². The van der Waals surface area contributed by atoms with Gasteiger partial charge in [0.05, 0.1) is 6.61 Å². The second kappa shape index (κ2) is 9.46.